The van der Waals surface area contributed by atoms with Crippen molar-refractivity contribution in [1.82, 2.24) is 19.0 Å². The van der Waals surface area contributed by atoms with Gasteiger partial charge in [-0.2, -0.15) is 0 Å². The van der Waals surface area contributed by atoms with E-state index in [1.807, 2.05) is 44.2 Å². The Bertz CT molecular complexity index is 1500. The zero-order valence-electron chi connectivity index (χ0n) is 19.0. The third-order valence-electron chi connectivity index (χ3n) is 6.00. The van der Waals surface area contributed by atoms with Gasteiger partial charge in [-0.25, -0.2) is 14.3 Å². The van der Waals surface area contributed by atoms with Gasteiger partial charge in [-0.3, -0.25) is 14.2 Å². The van der Waals surface area contributed by atoms with Crippen LogP contribution in [0.2, 0.25) is 0 Å². The summed E-state index contributed by atoms with van der Waals surface area (Å²) in [5, 5.41) is 0. The molecule has 1 aliphatic heterocycles. The number of aryl methyl sites for hydroxylation is 1. The molecule has 0 saturated carbocycles. The normalized spacial score (nSPS) is 13.3. The standard InChI is InChI=1S/C25H24N4O3S2/c1-3-33-24-26-22-21(34-24)23(31)29(19-10-8-16(2)9-11-19)25(32)28(22)15-20(30)27-13-12-17-6-4-5-7-18(17)14-27/h4-11H,3,12-15H2,1-2H3. The Hall–Kier alpha value is -3.17. The van der Waals surface area contributed by atoms with Crippen LogP contribution >= 0.6 is 23.1 Å². The average molecular weight is 493 g/mol. The number of benzene rings is 2. The number of thioether (sulfide) groups is 1. The summed E-state index contributed by atoms with van der Waals surface area (Å²) in [5.74, 6) is 0.632. The summed E-state index contributed by atoms with van der Waals surface area (Å²) < 4.78 is 3.60. The highest BCUT2D eigenvalue weighted by molar-refractivity contribution is 8.01. The van der Waals surface area contributed by atoms with E-state index in [-0.39, 0.29) is 18.1 Å². The molecule has 1 aliphatic rings. The molecule has 0 fully saturated rings. The van der Waals surface area contributed by atoms with Gasteiger partial charge in [-0.15, -0.1) is 11.3 Å². The summed E-state index contributed by atoms with van der Waals surface area (Å²) in [6.07, 6.45) is 0.781. The van der Waals surface area contributed by atoms with Crippen LogP contribution in [0.25, 0.3) is 16.0 Å². The second kappa shape index (κ2) is 9.23. The second-order valence-corrected chi connectivity index (χ2v) is 10.8. The topological polar surface area (TPSA) is 77.2 Å². The zero-order chi connectivity index (χ0) is 23.8. The van der Waals surface area contributed by atoms with Gasteiger partial charge >= 0.3 is 5.69 Å². The maximum absolute atomic E-state index is 13.6. The Labute approximate surface area is 204 Å². The van der Waals surface area contributed by atoms with Gasteiger partial charge in [-0.1, -0.05) is 60.6 Å². The lowest BCUT2D eigenvalue weighted by Crippen LogP contribution is -2.43. The number of carbonyl (C=O) groups excluding carboxylic acids is 1. The lowest BCUT2D eigenvalue weighted by molar-refractivity contribution is -0.132. The summed E-state index contributed by atoms with van der Waals surface area (Å²) >= 11 is 2.79. The number of rotatable bonds is 5. The number of thiazole rings is 1. The first kappa shape index (κ1) is 22.6. The summed E-state index contributed by atoms with van der Waals surface area (Å²) in [4.78, 5) is 46.6. The molecule has 0 saturated heterocycles. The molecule has 0 atom stereocenters. The lowest BCUT2D eigenvalue weighted by atomic mass is 10.00. The van der Waals surface area contributed by atoms with Gasteiger partial charge in [0.25, 0.3) is 5.56 Å². The minimum Gasteiger partial charge on any atom is -0.336 e. The van der Waals surface area contributed by atoms with E-state index in [1.54, 1.807) is 17.0 Å². The Balaban J connectivity index is 1.59. The van der Waals surface area contributed by atoms with Gasteiger partial charge in [0.15, 0.2) is 9.99 Å². The fraction of sp³-hybridized carbons (Fsp3) is 0.280. The molecule has 0 aliphatic carbocycles. The number of carbonyl (C=O) groups is 1. The van der Waals surface area contributed by atoms with E-state index >= 15 is 0 Å². The molecular formula is C25H24N4O3S2. The van der Waals surface area contributed by atoms with Crippen molar-refractivity contribution in [3.05, 3.63) is 86.1 Å². The van der Waals surface area contributed by atoms with Gasteiger partial charge in [0.05, 0.1) is 5.69 Å². The van der Waals surface area contributed by atoms with Crippen LogP contribution < -0.4 is 11.2 Å². The van der Waals surface area contributed by atoms with E-state index in [0.717, 1.165) is 27.9 Å². The molecular weight excluding hydrogens is 468 g/mol. The molecule has 2 aromatic carbocycles. The molecule has 9 heteroatoms. The number of amides is 1. The van der Waals surface area contributed by atoms with E-state index < -0.39 is 11.2 Å². The highest BCUT2D eigenvalue weighted by atomic mass is 32.2. The number of fused-ring (bicyclic) bond motifs is 2. The quantitative estimate of drug-likeness (QED) is 0.398. The number of nitrogens with zero attached hydrogens (tertiary/aromatic N) is 4. The van der Waals surface area contributed by atoms with E-state index in [9.17, 15) is 14.4 Å². The summed E-state index contributed by atoms with van der Waals surface area (Å²) in [6, 6.07) is 15.3. The second-order valence-electron chi connectivity index (χ2n) is 8.24. The predicted octanol–water partition coefficient (Wildman–Crippen LogP) is 3.61. The van der Waals surface area contributed by atoms with Gasteiger partial charge < -0.3 is 4.90 Å². The molecule has 3 heterocycles. The van der Waals surface area contributed by atoms with E-state index in [4.69, 9.17) is 0 Å². The van der Waals surface area contributed by atoms with Crippen molar-refractivity contribution in [2.45, 2.75) is 37.7 Å². The first-order valence-corrected chi connectivity index (χ1v) is 13.0. The monoisotopic (exact) mass is 492 g/mol. The van der Waals surface area contributed by atoms with Crippen LogP contribution in [0.1, 0.15) is 23.6 Å². The van der Waals surface area contributed by atoms with Crippen LogP contribution in [0.5, 0.6) is 0 Å². The molecule has 0 bridgehead atoms. The maximum atomic E-state index is 13.6. The number of hydrogen-bond donors (Lipinski definition) is 0. The molecule has 0 unspecified atom stereocenters. The first-order valence-electron chi connectivity index (χ1n) is 11.2. The van der Waals surface area contributed by atoms with Crippen molar-refractivity contribution in [1.29, 1.82) is 0 Å². The average Bonchev–Trinajstić information content (AvgIpc) is 3.27. The van der Waals surface area contributed by atoms with Gasteiger partial charge in [-0.05, 0) is 42.4 Å². The van der Waals surface area contributed by atoms with Crippen LogP contribution in [0, 0.1) is 6.92 Å². The molecule has 2 aromatic heterocycles. The zero-order valence-corrected chi connectivity index (χ0v) is 20.6. The molecule has 34 heavy (non-hydrogen) atoms. The summed E-state index contributed by atoms with van der Waals surface area (Å²) in [6.45, 7) is 4.90. The third-order valence-corrected chi connectivity index (χ3v) is 8.06. The molecule has 0 radical (unpaired) electrons. The van der Waals surface area contributed by atoms with Crippen molar-refractivity contribution in [2.24, 2.45) is 0 Å². The highest BCUT2D eigenvalue weighted by Crippen LogP contribution is 2.27. The lowest BCUT2D eigenvalue weighted by Gasteiger charge is -2.29. The molecule has 7 nitrogen and oxygen atoms in total. The van der Waals surface area contributed by atoms with Crippen LogP contribution in [-0.4, -0.2) is 37.2 Å². The largest absolute Gasteiger partial charge is 0.337 e. The number of aromatic nitrogens is 3. The Morgan fingerprint density at radius 2 is 1.82 bits per heavy atom. The smallest absolute Gasteiger partial charge is 0.336 e. The van der Waals surface area contributed by atoms with Crippen LogP contribution in [0.15, 0.2) is 62.5 Å². The van der Waals surface area contributed by atoms with Crippen molar-refractivity contribution < 1.29 is 4.79 Å². The van der Waals surface area contributed by atoms with Crippen LogP contribution in [0.4, 0.5) is 0 Å². The highest BCUT2D eigenvalue weighted by Gasteiger charge is 2.24. The van der Waals surface area contributed by atoms with E-state index in [0.29, 0.717) is 27.8 Å². The third kappa shape index (κ3) is 4.10. The number of hydrogen-bond acceptors (Lipinski definition) is 6. The fourth-order valence-corrected chi connectivity index (χ4v) is 6.18. The van der Waals surface area contributed by atoms with Crippen LogP contribution in [0.3, 0.4) is 0 Å². The molecule has 4 aromatic rings. The fourth-order valence-electron chi connectivity index (χ4n) is 4.21. The predicted molar refractivity (Wildman–Crippen MR) is 136 cm³/mol. The van der Waals surface area contributed by atoms with E-state index in [1.165, 1.54) is 33.2 Å². The molecule has 0 spiro atoms. The first-order chi connectivity index (χ1) is 16.5. The Morgan fingerprint density at radius 3 is 2.56 bits per heavy atom. The maximum Gasteiger partial charge on any atom is 0.337 e. The molecule has 0 N–H and O–H groups in total. The molecule has 1 amide bonds. The van der Waals surface area contributed by atoms with Crippen molar-refractivity contribution in [3.63, 3.8) is 0 Å². The Kier molecular flexibility index (Phi) is 6.14. The van der Waals surface area contributed by atoms with E-state index in [2.05, 4.69) is 11.1 Å². The minimum absolute atomic E-state index is 0.162. The Morgan fingerprint density at radius 1 is 1.09 bits per heavy atom. The summed E-state index contributed by atoms with van der Waals surface area (Å²) in [5.41, 5.74) is 3.21. The van der Waals surface area contributed by atoms with Gasteiger partial charge in [0.2, 0.25) is 5.91 Å². The van der Waals surface area contributed by atoms with Crippen molar-refractivity contribution in [2.75, 3.05) is 12.3 Å². The summed E-state index contributed by atoms with van der Waals surface area (Å²) in [7, 11) is 0. The SMILES string of the molecule is CCSc1nc2c(s1)c(=O)n(-c1ccc(C)cc1)c(=O)n2CC(=O)N1CCc2ccccc2C1. The van der Waals surface area contributed by atoms with Crippen molar-refractivity contribution >= 4 is 39.4 Å². The van der Waals surface area contributed by atoms with Crippen molar-refractivity contribution in [3.8, 4) is 5.69 Å². The molecule has 174 valence electrons. The van der Waals surface area contributed by atoms with Gasteiger partial charge in [0.1, 0.15) is 11.2 Å². The van der Waals surface area contributed by atoms with Gasteiger partial charge in [0, 0.05) is 13.1 Å². The minimum atomic E-state index is -0.550. The molecule has 5 rings (SSSR count). The van der Waals surface area contributed by atoms with Crippen LogP contribution in [-0.2, 0) is 24.3 Å².